The van der Waals surface area contributed by atoms with Crippen molar-refractivity contribution in [1.82, 2.24) is 19.7 Å². The first-order chi connectivity index (χ1) is 13.9. The van der Waals surface area contributed by atoms with Crippen molar-refractivity contribution in [1.29, 1.82) is 0 Å². The Morgan fingerprint density at radius 3 is 2.93 bits per heavy atom. The van der Waals surface area contributed by atoms with Gasteiger partial charge in [0.05, 0.1) is 0 Å². The number of halogens is 2. The molecule has 0 fully saturated rings. The maximum absolute atomic E-state index is 13.0. The zero-order chi connectivity index (χ0) is 20.5. The van der Waals surface area contributed by atoms with Gasteiger partial charge in [-0.25, -0.2) is 0 Å². The van der Waals surface area contributed by atoms with Crippen molar-refractivity contribution in [3.05, 3.63) is 70.0 Å². The number of aromatic amines is 1. The second-order valence-corrected chi connectivity index (χ2v) is 8.53. The van der Waals surface area contributed by atoms with Crippen molar-refractivity contribution in [2.45, 2.75) is 11.3 Å². The minimum atomic E-state index is -1.42. The van der Waals surface area contributed by atoms with Crippen LogP contribution in [0.25, 0.3) is 17.0 Å². The van der Waals surface area contributed by atoms with E-state index in [0.717, 1.165) is 5.57 Å². The van der Waals surface area contributed by atoms with E-state index in [1.54, 1.807) is 12.1 Å². The number of aromatic carboxylic acids is 1. The second-order valence-electron chi connectivity index (χ2n) is 6.25. The number of imidazole rings is 1. The molecule has 0 atom stereocenters. The first kappa shape index (κ1) is 19.8. The van der Waals surface area contributed by atoms with E-state index in [2.05, 4.69) is 15.1 Å². The summed E-state index contributed by atoms with van der Waals surface area (Å²) in [6, 6.07) is 3.30. The van der Waals surface area contributed by atoms with E-state index in [1.165, 1.54) is 17.1 Å². The molecule has 10 heteroatoms. The summed E-state index contributed by atoms with van der Waals surface area (Å²) in [5.74, 6) is -0.511. The normalized spacial score (nSPS) is 14.1. The van der Waals surface area contributed by atoms with Crippen LogP contribution in [-0.2, 0) is 14.7 Å². The molecule has 1 aliphatic rings. The molecule has 3 aromatic rings. The van der Waals surface area contributed by atoms with E-state index in [0.29, 0.717) is 38.4 Å². The quantitative estimate of drug-likeness (QED) is 0.456. The van der Waals surface area contributed by atoms with Gasteiger partial charge >= 0.3 is 178 Å². The van der Waals surface area contributed by atoms with Gasteiger partial charge in [0.1, 0.15) is 0 Å². The number of rotatable bonds is 3. The fourth-order valence-corrected chi connectivity index (χ4v) is 4.77. The summed E-state index contributed by atoms with van der Waals surface area (Å²) in [6.45, 7) is 0. The molecule has 0 bridgehead atoms. The topological polar surface area (TPSA) is 104 Å². The van der Waals surface area contributed by atoms with Crippen molar-refractivity contribution in [2.75, 3.05) is 5.75 Å². The van der Waals surface area contributed by atoms with E-state index in [9.17, 15) is 8.84 Å². The van der Waals surface area contributed by atoms with Crippen LogP contribution in [-0.4, -0.2) is 36.6 Å². The zero-order valence-corrected chi connectivity index (χ0v) is 17.1. The van der Waals surface area contributed by atoms with Gasteiger partial charge in [0, 0.05) is 0 Å². The van der Waals surface area contributed by atoms with Crippen LogP contribution < -0.4 is 0 Å². The van der Waals surface area contributed by atoms with E-state index in [-0.39, 0.29) is 11.3 Å². The number of aromatic nitrogens is 4. The number of hydrogen-bond donors (Lipinski definition) is 2. The van der Waals surface area contributed by atoms with Gasteiger partial charge in [0.2, 0.25) is 0 Å². The van der Waals surface area contributed by atoms with Gasteiger partial charge in [0.15, 0.2) is 0 Å². The van der Waals surface area contributed by atoms with Crippen molar-refractivity contribution >= 4 is 50.8 Å². The van der Waals surface area contributed by atoms with Gasteiger partial charge in [-0.1, -0.05) is 0 Å². The number of benzene rings is 1. The molecule has 2 heterocycles. The zero-order valence-electron chi connectivity index (χ0n) is 14.8. The summed E-state index contributed by atoms with van der Waals surface area (Å²) in [5.41, 5.74) is 2.00. The van der Waals surface area contributed by atoms with E-state index in [4.69, 9.17) is 28.3 Å². The van der Waals surface area contributed by atoms with Gasteiger partial charge in [-0.05, 0) is 0 Å². The molecule has 7 nitrogen and oxygen atoms in total. The Hall–Kier alpha value is -2.52. The third kappa shape index (κ3) is 4.11. The third-order valence-corrected chi connectivity index (χ3v) is 6.51. The summed E-state index contributed by atoms with van der Waals surface area (Å²) in [6.07, 6.45) is 10.7. The van der Waals surface area contributed by atoms with Crippen LogP contribution in [0.5, 0.6) is 0 Å². The van der Waals surface area contributed by atoms with Crippen LogP contribution in [0.1, 0.15) is 16.8 Å². The number of hydrogen-bond acceptors (Lipinski definition) is 4. The van der Waals surface area contributed by atoms with E-state index >= 15 is 0 Å². The van der Waals surface area contributed by atoms with Gasteiger partial charge in [-0.2, -0.15) is 0 Å². The van der Waals surface area contributed by atoms with E-state index in [1.807, 2.05) is 24.3 Å². The summed E-state index contributed by atoms with van der Waals surface area (Å²) >= 11 is 12.6. The first-order valence-electron chi connectivity index (χ1n) is 8.49. The number of carbonyl (C=O) groups is 1. The maximum atomic E-state index is 13.0. The molecule has 4 rings (SSSR count). The molecule has 1 aliphatic carbocycles. The predicted octanol–water partition coefficient (Wildman–Crippen LogP) is 4.43. The Morgan fingerprint density at radius 2 is 2.17 bits per heavy atom. The van der Waals surface area contributed by atoms with E-state index < -0.39 is 16.6 Å². The molecular weight excluding hydrogens is 435 g/mol. The van der Waals surface area contributed by atoms with Gasteiger partial charge in [0.25, 0.3) is 0 Å². The van der Waals surface area contributed by atoms with Crippen LogP contribution in [0.3, 0.4) is 0 Å². The number of nitrogens with zero attached hydrogens (tertiary/aromatic N) is 3. The number of H-pyrrole nitrogens is 1. The third-order valence-electron chi connectivity index (χ3n) is 4.29. The van der Waals surface area contributed by atoms with Crippen LogP contribution >= 0.6 is 23.2 Å². The van der Waals surface area contributed by atoms with Crippen molar-refractivity contribution < 1.29 is 13.9 Å². The number of carboxylic acid groups (broad SMARTS) is 1. The summed E-state index contributed by atoms with van der Waals surface area (Å²) in [4.78, 5) is 18.9. The average Bonchev–Trinajstić information content (AvgIpc) is 3.27. The average molecular weight is 449 g/mol. The van der Waals surface area contributed by atoms with Crippen LogP contribution in [0, 0.1) is 0 Å². The number of allylic oxidation sites excluding steroid dienone is 5. The molecule has 148 valence electrons. The molecule has 29 heavy (non-hydrogen) atoms. The molecule has 0 amide bonds. The van der Waals surface area contributed by atoms with Crippen molar-refractivity contribution in [3.63, 3.8) is 0 Å². The molecule has 2 N–H and O–H groups in total. The Balaban J connectivity index is 1.66. The van der Waals surface area contributed by atoms with Gasteiger partial charge in [-0.15, -0.1) is 0 Å². The fourth-order valence-electron chi connectivity index (χ4n) is 2.82. The minimum absolute atomic E-state index is 0.0429. The first-order valence-corrected chi connectivity index (χ1v) is 10.6. The van der Waals surface area contributed by atoms with Gasteiger partial charge in [-0.3, -0.25) is 0 Å². The Bertz CT molecular complexity index is 1290. The second kappa shape index (κ2) is 8.08. The predicted molar refractivity (Wildman–Crippen MR) is 112 cm³/mol. The molecule has 0 aliphatic heterocycles. The molecule has 1 aromatic carbocycles. The standard InChI is InChI=1S/C19H14Cl2N4O3S/c20-13-5-3-1-2-4-11(13)10-29(28)17-7-16-15(6-14(17)21)23-19(24-16)25-9-12(8-22-25)18(26)27/h1-4,6-9H,5,10H2,(H,23,24)(H,26,27). The Labute approximate surface area is 177 Å². The van der Waals surface area contributed by atoms with Gasteiger partial charge < -0.3 is 0 Å². The SMILES string of the molecule is O=C(O)c1cnn(-c2nc3cc(Cl)c([S-](#[O+])CC4=C(Cl)CC=CC=C4)cc3[nH]2)c1. The Kier molecular flexibility index (Phi) is 5.51. The number of fused-ring (bicyclic) bond motifs is 1. The fraction of sp³-hybridized carbons (Fsp3) is 0.105. The van der Waals surface area contributed by atoms with Crippen molar-refractivity contribution in [3.8, 4) is 5.95 Å². The molecule has 0 saturated heterocycles. The summed E-state index contributed by atoms with van der Waals surface area (Å²) in [5, 5.41) is 14.0. The molecule has 0 saturated carbocycles. The summed E-state index contributed by atoms with van der Waals surface area (Å²) in [7, 11) is -1.42. The van der Waals surface area contributed by atoms with Crippen LogP contribution in [0.2, 0.25) is 5.02 Å². The molecular formula is C19H14Cl2N4O3S. The molecule has 2 aromatic heterocycles. The monoisotopic (exact) mass is 448 g/mol. The molecule has 0 radical (unpaired) electrons. The number of carboxylic acids is 1. The van der Waals surface area contributed by atoms with Crippen molar-refractivity contribution in [2.24, 2.45) is 0 Å². The molecule has 0 unspecified atom stereocenters. The Morgan fingerprint density at radius 1 is 1.34 bits per heavy atom. The van der Waals surface area contributed by atoms with Crippen LogP contribution in [0.15, 0.2) is 64.3 Å². The van der Waals surface area contributed by atoms with Crippen LogP contribution in [0.4, 0.5) is 0 Å². The molecule has 0 spiro atoms. The number of nitrogens with one attached hydrogen (secondary N) is 1. The summed E-state index contributed by atoms with van der Waals surface area (Å²) < 4.78 is 14.3.